The Hall–Kier alpha value is -0.875. The van der Waals surface area contributed by atoms with Crippen LogP contribution in [0.5, 0.6) is 11.5 Å². The summed E-state index contributed by atoms with van der Waals surface area (Å²) in [5.74, 6) is -12.4. The van der Waals surface area contributed by atoms with E-state index in [1.807, 2.05) is 0 Å². The molecule has 0 saturated heterocycles. The summed E-state index contributed by atoms with van der Waals surface area (Å²) in [4.78, 5) is 0. The lowest BCUT2D eigenvalue weighted by Gasteiger charge is -2.00. The van der Waals surface area contributed by atoms with Crippen molar-refractivity contribution < 1.29 is 41.7 Å². The summed E-state index contributed by atoms with van der Waals surface area (Å²) >= 11 is 9.31. The van der Waals surface area contributed by atoms with Crippen molar-refractivity contribution in [3.05, 3.63) is 59.1 Å². The molecule has 25 heavy (non-hydrogen) atoms. The van der Waals surface area contributed by atoms with Gasteiger partial charge in [0, 0.05) is 24.2 Å². The Labute approximate surface area is 169 Å². The standard InChI is InChI=1S/C7H5F3O.C6H3F3O.BBr3/c1-11-4-2-5(8)7(10)6(9)3-4;7-4-1-3(10)2-5(8)6(4)9;2-1(3)4/h2-3H,1H3;1-2,10H;/i2D,3D;1D,2D;. The SMILES string of the molecule is BrB(Br)Br.[2H]c1c(F)c(F)c(F)c([2H])c1OC.[2H]c1c(O)c([2H])c(F)c(F)c1F. The Morgan fingerprint density at radius 2 is 1.12 bits per heavy atom. The highest BCUT2D eigenvalue weighted by atomic mass is 79.9. The molecule has 138 valence electrons. The van der Waals surface area contributed by atoms with Gasteiger partial charge in [0.25, 0.3) is 0 Å². The minimum absolute atomic E-state index is 0.271. The number of ether oxygens (including phenoxy) is 1. The van der Waals surface area contributed by atoms with Gasteiger partial charge in [-0.1, -0.05) is 0 Å². The van der Waals surface area contributed by atoms with Crippen LogP contribution in [0.25, 0.3) is 0 Å². The zero-order valence-corrected chi connectivity index (χ0v) is 16.6. The maximum atomic E-state index is 12.7. The Morgan fingerprint density at radius 3 is 1.40 bits per heavy atom. The van der Waals surface area contributed by atoms with Gasteiger partial charge in [-0.2, -0.15) is 0 Å². The smallest absolute Gasteiger partial charge is 0.369 e. The van der Waals surface area contributed by atoms with Gasteiger partial charge >= 0.3 is 3.18 Å². The van der Waals surface area contributed by atoms with E-state index in [1.54, 1.807) is 0 Å². The molecule has 0 saturated carbocycles. The van der Waals surface area contributed by atoms with Crippen LogP contribution in [0.2, 0.25) is 0 Å². The molecular formula is C13H8BBr3F6O2. The maximum Gasteiger partial charge on any atom is 0.369 e. The van der Waals surface area contributed by atoms with Gasteiger partial charge in [0.05, 0.1) is 12.6 Å². The fourth-order valence-electron chi connectivity index (χ4n) is 0.984. The summed E-state index contributed by atoms with van der Waals surface area (Å²) in [7, 11) is 1.04. The Balaban J connectivity index is 0.000000459. The van der Waals surface area contributed by atoms with E-state index in [-0.39, 0.29) is 3.18 Å². The second-order valence-corrected chi connectivity index (χ2v) is 9.95. The fourth-order valence-corrected chi connectivity index (χ4v) is 0.984. The van der Waals surface area contributed by atoms with Gasteiger partial charge in [-0.15, -0.1) is 47.3 Å². The van der Waals surface area contributed by atoms with E-state index in [4.69, 9.17) is 10.6 Å². The molecule has 0 aliphatic heterocycles. The lowest BCUT2D eigenvalue weighted by atomic mass is 10.3. The average molecular weight is 565 g/mol. The molecule has 0 fully saturated rings. The Kier molecular flexibility index (Phi) is 8.20. The molecule has 0 heterocycles. The number of hydrogen-bond donors (Lipinski definition) is 1. The largest absolute Gasteiger partial charge is 0.508 e. The van der Waals surface area contributed by atoms with Crippen molar-refractivity contribution in [1.29, 1.82) is 0 Å². The Bertz CT molecular complexity index is 758. The number of phenols is 1. The van der Waals surface area contributed by atoms with Crippen LogP contribution in [0.4, 0.5) is 26.3 Å². The van der Waals surface area contributed by atoms with Crippen LogP contribution in [-0.2, 0) is 0 Å². The lowest BCUT2D eigenvalue weighted by Crippen LogP contribution is -1.92. The second kappa shape index (κ2) is 11.7. The molecule has 1 N–H and O–H groups in total. The second-order valence-electron chi connectivity index (χ2n) is 3.51. The van der Waals surface area contributed by atoms with Gasteiger partial charge < -0.3 is 9.84 Å². The van der Waals surface area contributed by atoms with Gasteiger partial charge in [-0.25, -0.2) is 26.3 Å². The summed E-state index contributed by atoms with van der Waals surface area (Å²) in [6.45, 7) is 0. The molecule has 0 aliphatic carbocycles. The summed E-state index contributed by atoms with van der Waals surface area (Å²) in [5, 5.41) is 8.67. The van der Waals surface area contributed by atoms with Crippen molar-refractivity contribution in [2.45, 2.75) is 0 Å². The number of hydrogen-bond acceptors (Lipinski definition) is 2. The molecule has 0 radical (unpaired) electrons. The molecule has 0 aliphatic rings. The van der Waals surface area contributed by atoms with Crippen molar-refractivity contribution >= 4 is 50.5 Å². The summed E-state index contributed by atoms with van der Waals surface area (Å²) in [6, 6.07) is -4.32. The molecule has 0 atom stereocenters. The molecule has 0 spiro atoms. The van der Waals surface area contributed by atoms with E-state index in [1.165, 1.54) is 0 Å². The normalized spacial score (nSPS) is 11.6. The average Bonchev–Trinajstić information content (AvgIpc) is 2.67. The van der Waals surface area contributed by atoms with Gasteiger partial charge in [-0.05, 0) is 0 Å². The van der Waals surface area contributed by atoms with E-state index in [0.717, 1.165) is 7.11 Å². The minimum atomic E-state index is -1.91. The summed E-state index contributed by atoms with van der Waals surface area (Å²) in [5.41, 5.74) is 0. The van der Waals surface area contributed by atoms with Crippen LogP contribution in [0.1, 0.15) is 5.48 Å². The predicted octanol–water partition coefficient (Wildman–Crippen LogP) is 6.08. The van der Waals surface area contributed by atoms with E-state index in [2.05, 4.69) is 52.0 Å². The van der Waals surface area contributed by atoms with E-state index < -0.39 is 70.6 Å². The minimum Gasteiger partial charge on any atom is -0.508 e. The number of halogens is 9. The molecule has 0 unspecified atom stereocenters. The number of rotatable bonds is 1. The maximum absolute atomic E-state index is 12.7. The zero-order chi connectivity index (χ0) is 23.2. The van der Waals surface area contributed by atoms with E-state index >= 15 is 0 Å². The van der Waals surface area contributed by atoms with E-state index in [0.29, 0.717) is 0 Å². The zero-order valence-electron chi connectivity index (χ0n) is 15.8. The first-order valence-corrected chi connectivity index (χ1v) is 8.37. The van der Waals surface area contributed by atoms with Crippen molar-refractivity contribution in [2.24, 2.45) is 0 Å². The highest BCUT2D eigenvalue weighted by Crippen LogP contribution is 2.18. The van der Waals surface area contributed by atoms with Crippen molar-refractivity contribution in [3.8, 4) is 11.5 Å². The van der Waals surface area contributed by atoms with Crippen LogP contribution in [-0.4, -0.2) is 15.4 Å². The van der Waals surface area contributed by atoms with Gasteiger partial charge in [0.2, 0.25) is 0 Å². The molecular weight excluding hydrogens is 553 g/mol. The third-order valence-electron chi connectivity index (χ3n) is 1.88. The summed E-state index contributed by atoms with van der Waals surface area (Å²) < 4.78 is 107. The Morgan fingerprint density at radius 1 is 0.840 bits per heavy atom. The number of benzene rings is 2. The van der Waals surface area contributed by atoms with E-state index in [9.17, 15) is 26.3 Å². The monoisotopic (exact) mass is 562 g/mol. The fraction of sp³-hybridized carbons (Fsp3) is 0.0769. The van der Waals surface area contributed by atoms with Crippen molar-refractivity contribution in [1.82, 2.24) is 0 Å². The van der Waals surface area contributed by atoms with Gasteiger partial charge in [0.15, 0.2) is 34.9 Å². The molecule has 0 bridgehead atoms. The third-order valence-corrected chi connectivity index (χ3v) is 1.88. The first kappa shape index (κ1) is 17.5. The molecule has 2 aromatic rings. The van der Waals surface area contributed by atoms with Crippen LogP contribution in [0, 0.1) is 34.9 Å². The van der Waals surface area contributed by atoms with Crippen LogP contribution in [0.3, 0.4) is 0 Å². The first-order chi connectivity index (χ1) is 13.2. The molecule has 2 rings (SSSR count). The first-order valence-electron chi connectivity index (χ1n) is 7.62. The van der Waals surface area contributed by atoms with Crippen LogP contribution >= 0.6 is 47.3 Å². The van der Waals surface area contributed by atoms with Gasteiger partial charge in [0.1, 0.15) is 11.5 Å². The highest BCUT2D eigenvalue weighted by molar-refractivity contribution is 9.69. The van der Waals surface area contributed by atoms with Crippen molar-refractivity contribution in [3.63, 3.8) is 0 Å². The number of aromatic hydroxyl groups is 1. The van der Waals surface area contributed by atoms with Gasteiger partial charge in [-0.3, -0.25) is 0 Å². The summed E-state index contributed by atoms with van der Waals surface area (Å²) in [6.07, 6.45) is 0. The molecule has 0 aromatic heterocycles. The number of phenolic OH excluding ortho intramolecular Hbond substituents is 1. The third kappa shape index (κ3) is 9.41. The lowest BCUT2D eigenvalue weighted by molar-refractivity contribution is 0.391. The quantitative estimate of drug-likeness (QED) is 0.259. The number of methoxy groups -OCH3 is 1. The molecule has 2 aromatic carbocycles. The molecule has 0 amide bonds. The molecule has 12 heteroatoms. The highest BCUT2D eigenvalue weighted by Gasteiger charge is 2.10. The predicted molar refractivity (Wildman–Crippen MR) is 93.4 cm³/mol. The molecule has 2 nitrogen and oxygen atoms in total. The topological polar surface area (TPSA) is 29.5 Å². The van der Waals surface area contributed by atoms with Crippen LogP contribution < -0.4 is 4.74 Å². The van der Waals surface area contributed by atoms with Crippen LogP contribution in [0.15, 0.2) is 24.2 Å². The van der Waals surface area contributed by atoms with Crippen molar-refractivity contribution in [2.75, 3.05) is 7.11 Å².